The highest BCUT2D eigenvalue weighted by atomic mass is 35.5. The zero-order valence-corrected chi connectivity index (χ0v) is 11.8. The first-order valence-corrected chi connectivity index (χ1v) is 8.00. The zero-order chi connectivity index (χ0) is 13.1. The Kier molecular flexibility index (Phi) is 5.25. The van der Waals surface area contributed by atoms with E-state index in [-0.39, 0.29) is 11.8 Å². The summed E-state index contributed by atoms with van der Waals surface area (Å²) in [5.74, 6) is 0.138. The Balaban J connectivity index is 2.64. The smallest absolute Gasteiger partial charge is 0.147 e. The van der Waals surface area contributed by atoms with E-state index in [9.17, 15) is 8.42 Å². The van der Waals surface area contributed by atoms with E-state index in [4.69, 9.17) is 28.9 Å². The van der Waals surface area contributed by atoms with E-state index in [1.54, 1.807) is 18.2 Å². The van der Waals surface area contributed by atoms with E-state index < -0.39 is 9.84 Å². The minimum absolute atomic E-state index is 0.138. The van der Waals surface area contributed by atoms with Crippen molar-refractivity contribution in [1.82, 2.24) is 0 Å². The second kappa shape index (κ2) is 6.05. The van der Waals surface area contributed by atoms with Gasteiger partial charge in [-0.25, -0.2) is 8.42 Å². The van der Waals surface area contributed by atoms with E-state index in [1.807, 2.05) is 0 Å². The van der Waals surface area contributed by atoms with E-state index in [0.717, 1.165) is 5.56 Å². The fourth-order valence-corrected chi connectivity index (χ4v) is 2.67. The molecule has 1 rings (SSSR count). The molecule has 1 unspecified atom stereocenters. The zero-order valence-electron chi connectivity index (χ0n) is 9.49. The van der Waals surface area contributed by atoms with Crippen molar-refractivity contribution in [3.8, 4) is 0 Å². The van der Waals surface area contributed by atoms with Gasteiger partial charge >= 0.3 is 0 Å². The molecule has 0 bridgehead atoms. The lowest BCUT2D eigenvalue weighted by Gasteiger charge is -2.14. The standard InChI is InChI=1S/C11H15Cl2NO2S/c1-17(15,16)7-3-6-10(14)8-4-2-5-9(12)11(8)13/h2,4-5,10H,3,6-7,14H2,1H3. The van der Waals surface area contributed by atoms with Gasteiger partial charge in [0.2, 0.25) is 0 Å². The van der Waals surface area contributed by atoms with Crippen molar-refractivity contribution in [3.05, 3.63) is 33.8 Å². The van der Waals surface area contributed by atoms with Crippen LogP contribution in [0.5, 0.6) is 0 Å². The molecule has 0 amide bonds. The van der Waals surface area contributed by atoms with Crippen LogP contribution < -0.4 is 5.73 Å². The first-order chi connectivity index (χ1) is 7.81. The largest absolute Gasteiger partial charge is 0.324 e. The molecule has 0 saturated carbocycles. The lowest BCUT2D eigenvalue weighted by Crippen LogP contribution is -2.13. The van der Waals surface area contributed by atoms with Gasteiger partial charge in [-0.3, -0.25) is 0 Å². The monoisotopic (exact) mass is 295 g/mol. The minimum atomic E-state index is -2.93. The molecule has 0 aromatic heterocycles. The van der Waals surface area contributed by atoms with Gasteiger partial charge in [0, 0.05) is 18.1 Å². The molecule has 0 heterocycles. The molecule has 17 heavy (non-hydrogen) atoms. The molecule has 0 radical (unpaired) electrons. The summed E-state index contributed by atoms with van der Waals surface area (Å²) < 4.78 is 22.0. The van der Waals surface area contributed by atoms with E-state index >= 15 is 0 Å². The molecule has 0 spiro atoms. The maximum atomic E-state index is 11.0. The van der Waals surface area contributed by atoms with Crippen LogP contribution in [0.25, 0.3) is 0 Å². The molecule has 3 nitrogen and oxygen atoms in total. The third-order valence-corrected chi connectivity index (χ3v) is 4.27. The van der Waals surface area contributed by atoms with Gasteiger partial charge in [-0.15, -0.1) is 0 Å². The predicted molar refractivity (Wildman–Crippen MR) is 72.3 cm³/mol. The van der Waals surface area contributed by atoms with Crippen LogP contribution in [-0.4, -0.2) is 20.4 Å². The second-order valence-corrected chi connectivity index (χ2v) is 7.07. The fraction of sp³-hybridized carbons (Fsp3) is 0.455. The van der Waals surface area contributed by atoms with Gasteiger partial charge in [0.25, 0.3) is 0 Å². The number of hydrogen-bond acceptors (Lipinski definition) is 3. The summed E-state index contributed by atoms with van der Waals surface area (Å²) in [5, 5.41) is 0.906. The van der Waals surface area contributed by atoms with Crippen molar-refractivity contribution in [2.45, 2.75) is 18.9 Å². The van der Waals surface area contributed by atoms with Gasteiger partial charge in [-0.2, -0.15) is 0 Å². The average molecular weight is 296 g/mol. The highest BCUT2D eigenvalue weighted by Gasteiger charge is 2.13. The van der Waals surface area contributed by atoms with E-state index in [2.05, 4.69) is 0 Å². The van der Waals surface area contributed by atoms with Crippen LogP contribution in [-0.2, 0) is 9.84 Å². The van der Waals surface area contributed by atoms with Crippen LogP contribution in [0.4, 0.5) is 0 Å². The SMILES string of the molecule is CS(=O)(=O)CCCC(N)c1cccc(Cl)c1Cl. The molecule has 0 aliphatic rings. The molecule has 0 fully saturated rings. The Labute approximate surface area is 112 Å². The molecule has 2 N–H and O–H groups in total. The molecule has 1 aromatic rings. The summed E-state index contributed by atoms with van der Waals surface area (Å²) in [6, 6.07) is 4.98. The van der Waals surface area contributed by atoms with Crippen molar-refractivity contribution in [1.29, 1.82) is 0 Å². The summed E-state index contributed by atoms with van der Waals surface area (Å²) in [7, 11) is -2.93. The van der Waals surface area contributed by atoms with Gasteiger partial charge < -0.3 is 5.73 Å². The quantitative estimate of drug-likeness (QED) is 0.909. The van der Waals surface area contributed by atoms with Gasteiger partial charge in [-0.1, -0.05) is 35.3 Å². The van der Waals surface area contributed by atoms with Crippen LogP contribution in [0.2, 0.25) is 10.0 Å². The highest BCUT2D eigenvalue weighted by Crippen LogP contribution is 2.30. The molecule has 96 valence electrons. The number of benzene rings is 1. The number of halogens is 2. The normalized spacial score (nSPS) is 13.6. The van der Waals surface area contributed by atoms with Gasteiger partial charge in [0.05, 0.1) is 10.0 Å². The Hall–Kier alpha value is -0.290. The van der Waals surface area contributed by atoms with Crippen LogP contribution >= 0.6 is 23.2 Å². The molecular formula is C11H15Cl2NO2S. The number of hydrogen-bond donors (Lipinski definition) is 1. The fourth-order valence-electron chi connectivity index (χ4n) is 1.53. The maximum absolute atomic E-state index is 11.0. The molecular weight excluding hydrogens is 281 g/mol. The summed E-state index contributed by atoms with van der Waals surface area (Å²) in [4.78, 5) is 0. The van der Waals surface area contributed by atoms with E-state index in [0.29, 0.717) is 22.9 Å². The summed E-state index contributed by atoms with van der Waals surface area (Å²) in [5.41, 5.74) is 6.71. The van der Waals surface area contributed by atoms with E-state index in [1.165, 1.54) is 6.26 Å². The maximum Gasteiger partial charge on any atom is 0.147 e. The summed E-state index contributed by atoms with van der Waals surface area (Å²) in [6.07, 6.45) is 2.29. The van der Waals surface area contributed by atoms with Gasteiger partial charge in [-0.05, 0) is 24.5 Å². The minimum Gasteiger partial charge on any atom is -0.324 e. The van der Waals surface area contributed by atoms with Gasteiger partial charge in [0.1, 0.15) is 9.84 Å². The van der Waals surface area contributed by atoms with Crippen LogP contribution in [0, 0.1) is 0 Å². The first-order valence-electron chi connectivity index (χ1n) is 5.18. The number of sulfone groups is 1. The molecule has 1 atom stereocenters. The lowest BCUT2D eigenvalue weighted by molar-refractivity contribution is 0.588. The van der Waals surface area contributed by atoms with Crippen molar-refractivity contribution in [2.24, 2.45) is 5.73 Å². The van der Waals surface area contributed by atoms with Gasteiger partial charge in [0.15, 0.2) is 0 Å². The molecule has 1 aromatic carbocycles. The van der Waals surface area contributed by atoms with Crippen molar-refractivity contribution in [2.75, 3.05) is 12.0 Å². The summed E-state index contributed by atoms with van der Waals surface area (Å²) >= 11 is 11.9. The molecule has 0 aliphatic heterocycles. The molecule has 0 saturated heterocycles. The van der Waals surface area contributed by atoms with Crippen LogP contribution in [0.15, 0.2) is 18.2 Å². The third-order valence-electron chi connectivity index (χ3n) is 2.41. The van der Waals surface area contributed by atoms with Crippen LogP contribution in [0.1, 0.15) is 24.4 Å². The predicted octanol–water partition coefficient (Wildman–Crippen LogP) is 2.82. The first kappa shape index (κ1) is 14.8. The Morgan fingerprint density at radius 1 is 1.35 bits per heavy atom. The van der Waals surface area contributed by atoms with Crippen molar-refractivity contribution < 1.29 is 8.42 Å². The lowest BCUT2D eigenvalue weighted by atomic mass is 10.0. The van der Waals surface area contributed by atoms with Crippen molar-refractivity contribution >= 4 is 33.0 Å². The highest BCUT2D eigenvalue weighted by molar-refractivity contribution is 7.90. The Bertz CT molecular complexity index is 488. The number of rotatable bonds is 5. The Morgan fingerprint density at radius 2 is 2.00 bits per heavy atom. The molecule has 0 aliphatic carbocycles. The van der Waals surface area contributed by atoms with Crippen LogP contribution in [0.3, 0.4) is 0 Å². The second-order valence-electron chi connectivity index (χ2n) is 4.02. The Morgan fingerprint density at radius 3 is 2.59 bits per heavy atom. The topological polar surface area (TPSA) is 60.2 Å². The van der Waals surface area contributed by atoms with Crippen molar-refractivity contribution in [3.63, 3.8) is 0 Å². The summed E-state index contributed by atoms with van der Waals surface area (Å²) in [6.45, 7) is 0. The average Bonchev–Trinajstić information content (AvgIpc) is 2.20. The third kappa shape index (κ3) is 4.84. The number of nitrogens with two attached hydrogens (primary N) is 1. The molecule has 6 heteroatoms.